The zero-order valence-electron chi connectivity index (χ0n) is 18.4. The molecule has 2 unspecified atom stereocenters. The van der Waals surface area contributed by atoms with Gasteiger partial charge in [-0.3, -0.25) is 0 Å². The molecule has 3 rings (SSSR count). The van der Waals surface area contributed by atoms with E-state index in [1.165, 1.54) is 56.3 Å². The Bertz CT molecular complexity index is 1100. The number of aliphatic hydroxyl groups is 3. The van der Waals surface area contributed by atoms with E-state index in [1.807, 2.05) is 0 Å². The van der Waals surface area contributed by atoms with Crippen molar-refractivity contribution in [1.82, 2.24) is 0 Å². The lowest BCUT2D eigenvalue weighted by Gasteiger charge is -2.28. The lowest BCUT2D eigenvalue weighted by molar-refractivity contribution is -0.169. The predicted octanol–water partition coefficient (Wildman–Crippen LogP) is 1.75. The molecule has 0 aromatic heterocycles. The van der Waals surface area contributed by atoms with E-state index in [-0.39, 0.29) is 35.5 Å². The van der Waals surface area contributed by atoms with Crippen molar-refractivity contribution in [3.05, 3.63) is 64.9 Å². The standard InChI is InChI=1S/C24H26O9/c1-23(2,31)18(27)11-15-10-13(4-9-17(15)26)12-24(22(30)32-3)19(20(28)21(29)33-24)14-5-7-16(25)8-6-14/h4-10,18,25-28,31H,11-12H2,1-3H3. The summed E-state index contributed by atoms with van der Waals surface area (Å²) < 4.78 is 10.3. The Kier molecular flexibility index (Phi) is 6.40. The molecule has 0 bridgehead atoms. The minimum Gasteiger partial charge on any atom is -0.508 e. The molecular formula is C24H26O9. The third-order valence-corrected chi connectivity index (χ3v) is 5.60. The summed E-state index contributed by atoms with van der Waals surface area (Å²) in [6, 6.07) is 9.86. The maximum atomic E-state index is 12.9. The molecule has 9 nitrogen and oxygen atoms in total. The fourth-order valence-corrected chi connectivity index (χ4v) is 3.71. The smallest absolute Gasteiger partial charge is 0.375 e. The van der Waals surface area contributed by atoms with Gasteiger partial charge in [0.1, 0.15) is 11.5 Å². The molecule has 2 aromatic carbocycles. The number of cyclic esters (lactones) is 1. The first-order valence-electron chi connectivity index (χ1n) is 10.1. The van der Waals surface area contributed by atoms with E-state index >= 15 is 0 Å². The molecule has 33 heavy (non-hydrogen) atoms. The van der Waals surface area contributed by atoms with Gasteiger partial charge in [0.25, 0.3) is 0 Å². The molecule has 176 valence electrons. The van der Waals surface area contributed by atoms with Crippen LogP contribution in [0.1, 0.15) is 30.5 Å². The van der Waals surface area contributed by atoms with E-state index in [4.69, 9.17) is 9.47 Å². The number of phenols is 2. The van der Waals surface area contributed by atoms with Crippen molar-refractivity contribution in [2.45, 2.75) is 44.0 Å². The fraction of sp³-hybridized carbons (Fsp3) is 0.333. The number of hydrogen-bond donors (Lipinski definition) is 5. The molecule has 2 atom stereocenters. The van der Waals surface area contributed by atoms with Crippen LogP contribution < -0.4 is 0 Å². The molecule has 1 aliphatic rings. The van der Waals surface area contributed by atoms with Crippen LogP contribution in [0, 0.1) is 0 Å². The minimum atomic E-state index is -2.03. The van der Waals surface area contributed by atoms with Crippen molar-refractivity contribution in [1.29, 1.82) is 0 Å². The summed E-state index contributed by atoms with van der Waals surface area (Å²) in [5.74, 6) is -2.99. The van der Waals surface area contributed by atoms with Gasteiger partial charge in [-0.25, -0.2) is 9.59 Å². The van der Waals surface area contributed by atoms with Gasteiger partial charge in [-0.15, -0.1) is 0 Å². The summed E-state index contributed by atoms with van der Waals surface area (Å²) in [6.07, 6.45) is -1.52. The maximum absolute atomic E-state index is 12.9. The number of carbonyl (C=O) groups is 2. The number of aliphatic hydroxyl groups excluding tert-OH is 2. The Morgan fingerprint density at radius 1 is 1.12 bits per heavy atom. The molecule has 0 spiro atoms. The Morgan fingerprint density at radius 3 is 2.33 bits per heavy atom. The number of rotatable bonds is 7. The summed E-state index contributed by atoms with van der Waals surface area (Å²) in [5, 5.41) is 50.6. The van der Waals surface area contributed by atoms with Crippen LogP contribution in [0.4, 0.5) is 0 Å². The van der Waals surface area contributed by atoms with Crippen molar-refractivity contribution in [2.75, 3.05) is 7.11 Å². The number of carbonyl (C=O) groups excluding carboxylic acids is 2. The topological polar surface area (TPSA) is 154 Å². The van der Waals surface area contributed by atoms with Gasteiger partial charge in [0.15, 0.2) is 0 Å². The summed E-state index contributed by atoms with van der Waals surface area (Å²) in [6.45, 7) is 2.86. The van der Waals surface area contributed by atoms with Crippen molar-refractivity contribution in [3.63, 3.8) is 0 Å². The lowest BCUT2D eigenvalue weighted by Crippen LogP contribution is -2.44. The first kappa shape index (κ1) is 24.1. The van der Waals surface area contributed by atoms with Crippen LogP contribution in [-0.4, -0.2) is 61.9 Å². The highest BCUT2D eigenvalue weighted by atomic mass is 16.6. The molecule has 1 heterocycles. The largest absolute Gasteiger partial charge is 0.508 e. The van der Waals surface area contributed by atoms with Gasteiger partial charge >= 0.3 is 11.9 Å². The number of aromatic hydroxyl groups is 2. The van der Waals surface area contributed by atoms with Crippen LogP contribution in [-0.2, 0) is 31.9 Å². The quantitative estimate of drug-likeness (QED) is 0.390. The second-order valence-electron chi connectivity index (χ2n) is 8.49. The summed E-state index contributed by atoms with van der Waals surface area (Å²) in [7, 11) is 1.11. The molecule has 0 fully saturated rings. The number of benzene rings is 2. The average molecular weight is 458 g/mol. The zero-order valence-corrected chi connectivity index (χ0v) is 18.4. The van der Waals surface area contributed by atoms with E-state index < -0.39 is 35.0 Å². The summed E-state index contributed by atoms with van der Waals surface area (Å²) in [4.78, 5) is 25.3. The van der Waals surface area contributed by atoms with Gasteiger partial charge in [-0.2, -0.15) is 0 Å². The molecule has 0 aliphatic carbocycles. The average Bonchev–Trinajstić information content (AvgIpc) is 3.00. The maximum Gasteiger partial charge on any atom is 0.375 e. The highest BCUT2D eigenvalue weighted by molar-refractivity contribution is 6.11. The first-order valence-corrected chi connectivity index (χ1v) is 10.1. The van der Waals surface area contributed by atoms with Gasteiger partial charge in [0.05, 0.1) is 24.4 Å². The number of phenolic OH excluding ortho intramolecular Hbond substituents is 2. The number of methoxy groups -OCH3 is 1. The zero-order chi connectivity index (χ0) is 24.6. The minimum absolute atomic E-state index is 0.0544. The summed E-state index contributed by atoms with van der Waals surface area (Å²) >= 11 is 0. The highest BCUT2D eigenvalue weighted by Crippen LogP contribution is 2.43. The SMILES string of the molecule is COC(=O)C1(Cc2ccc(O)c(CC(O)C(C)(C)O)c2)OC(=O)C(O)=C1c1ccc(O)cc1. The van der Waals surface area contributed by atoms with Crippen molar-refractivity contribution in [3.8, 4) is 11.5 Å². The monoisotopic (exact) mass is 458 g/mol. The molecular weight excluding hydrogens is 432 g/mol. The number of ether oxygens (including phenoxy) is 2. The second kappa shape index (κ2) is 8.76. The van der Waals surface area contributed by atoms with E-state index in [9.17, 15) is 35.1 Å². The van der Waals surface area contributed by atoms with Crippen molar-refractivity contribution < 1.29 is 44.6 Å². The van der Waals surface area contributed by atoms with E-state index in [1.54, 1.807) is 0 Å². The highest BCUT2D eigenvalue weighted by Gasteiger charge is 2.55. The van der Waals surface area contributed by atoms with Gasteiger partial charge in [-0.1, -0.05) is 24.3 Å². The van der Waals surface area contributed by atoms with Crippen LogP contribution in [0.3, 0.4) is 0 Å². The summed E-state index contributed by atoms with van der Waals surface area (Å²) in [5.41, 5.74) is -2.59. The van der Waals surface area contributed by atoms with Crippen LogP contribution in [0.5, 0.6) is 11.5 Å². The number of hydrogen-bond acceptors (Lipinski definition) is 9. The second-order valence-corrected chi connectivity index (χ2v) is 8.49. The molecule has 9 heteroatoms. The van der Waals surface area contributed by atoms with Crippen LogP contribution in [0.15, 0.2) is 48.2 Å². The normalized spacial score (nSPS) is 19.4. The molecule has 0 saturated heterocycles. The van der Waals surface area contributed by atoms with Crippen molar-refractivity contribution in [2.24, 2.45) is 0 Å². The first-order chi connectivity index (χ1) is 15.4. The molecule has 1 aliphatic heterocycles. The Morgan fingerprint density at radius 2 is 1.76 bits per heavy atom. The van der Waals surface area contributed by atoms with Gasteiger partial charge in [0.2, 0.25) is 11.4 Å². The molecule has 5 N–H and O–H groups in total. The molecule has 0 saturated carbocycles. The third kappa shape index (κ3) is 4.64. The molecule has 2 aromatic rings. The van der Waals surface area contributed by atoms with Crippen molar-refractivity contribution >= 4 is 17.5 Å². The molecule has 0 amide bonds. The van der Waals surface area contributed by atoms with Crippen LogP contribution in [0.2, 0.25) is 0 Å². The number of esters is 2. The fourth-order valence-electron chi connectivity index (χ4n) is 3.71. The molecule has 0 radical (unpaired) electrons. The van der Waals surface area contributed by atoms with E-state index in [0.29, 0.717) is 11.1 Å². The third-order valence-electron chi connectivity index (χ3n) is 5.60. The Hall–Kier alpha value is -3.56. The van der Waals surface area contributed by atoms with E-state index in [2.05, 4.69) is 0 Å². The van der Waals surface area contributed by atoms with Crippen LogP contribution in [0.25, 0.3) is 5.57 Å². The lowest BCUT2D eigenvalue weighted by atomic mass is 9.82. The van der Waals surface area contributed by atoms with Gasteiger partial charge in [-0.05, 0) is 48.7 Å². The van der Waals surface area contributed by atoms with Gasteiger partial charge < -0.3 is 35.0 Å². The van der Waals surface area contributed by atoms with Gasteiger partial charge in [0, 0.05) is 12.8 Å². The Balaban J connectivity index is 2.08. The van der Waals surface area contributed by atoms with E-state index in [0.717, 1.165) is 7.11 Å². The Labute approximate surface area is 190 Å². The predicted molar refractivity (Wildman–Crippen MR) is 116 cm³/mol. The van der Waals surface area contributed by atoms with Crippen LogP contribution >= 0.6 is 0 Å².